The van der Waals surface area contributed by atoms with Crippen molar-refractivity contribution in [2.24, 2.45) is 10.8 Å². The number of nitrogens with zero attached hydrogens (tertiary/aromatic N) is 4. The number of amides is 4. The fourth-order valence-electron chi connectivity index (χ4n) is 9.56. The Balaban J connectivity index is 1.31. The van der Waals surface area contributed by atoms with E-state index in [0.29, 0.717) is 85.9 Å². The second kappa shape index (κ2) is 26.4. The Morgan fingerprint density at radius 2 is 1.33 bits per heavy atom. The quantitative estimate of drug-likeness (QED) is 0.0182. The summed E-state index contributed by atoms with van der Waals surface area (Å²) < 4.78 is 150. The van der Waals surface area contributed by atoms with Gasteiger partial charge in [-0.25, -0.2) is 18.8 Å². The maximum atomic E-state index is 16.0. The number of nitrogens with one attached hydrogen (secondary N) is 6. The minimum absolute atomic E-state index is 0.303. The van der Waals surface area contributed by atoms with E-state index in [1.54, 1.807) is 23.6 Å². The molecule has 0 radical (unpaired) electrons. The minimum atomic E-state index is -5.17. The van der Waals surface area contributed by atoms with Crippen molar-refractivity contribution in [1.29, 1.82) is 5.41 Å². The molecule has 3 saturated heterocycles. The maximum absolute atomic E-state index is 16.0. The Kier molecular flexibility index (Phi) is 20.6. The highest BCUT2D eigenvalue weighted by Gasteiger charge is 2.57. The normalized spacial score (nSPS) is 18.6. The van der Waals surface area contributed by atoms with Crippen LogP contribution in [0.4, 0.5) is 49.7 Å². The van der Waals surface area contributed by atoms with Gasteiger partial charge in [0.2, 0.25) is 17.7 Å². The molecule has 3 fully saturated rings. The number of hydrazine groups is 1. The Hall–Kier alpha value is -6.82. The SMILES string of the molecule is CCC(=O)N[C@H](C(=O)N[C@@H](Cc1ccc(C#Cc2ccc(N3CC4CCC(C3)N4C3COC3)nc2)cc1)[C@@H](O)CN(Cc1c(F)cc(C(=N)/C=C\NC(F)F)cc1F)NC(=O)[C@@H](NC(=O)CC)C(C)(C)C(F)(F)F)C(C)(C)C(F)(F)F. The summed E-state index contributed by atoms with van der Waals surface area (Å²) in [5, 5.41) is 28.8. The van der Waals surface area contributed by atoms with Gasteiger partial charge in [0.15, 0.2) is 0 Å². The first-order valence-electron chi connectivity index (χ1n) is 26.1. The van der Waals surface area contributed by atoms with Gasteiger partial charge in [0, 0.05) is 85.8 Å². The number of aromatic nitrogens is 1. The second-order valence-electron chi connectivity index (χ2n) is 21.3. The zero-order valence-corrected chi connectivity index (χ0v) is 45.3. The summed E-state index contributed by atoms with van der Waals surface area (Å²) >= 11 is 0. The van der Waals surface area contributed by atoms with Crippen molar-refractivity contribution in [2.45, 2.75) is 141 Å². The van der Waals surface area contributed by atoms with Crippen LogP contribution >= 0.6 is 0 Å². The van der Waals surface area contributed by atoms with Crippen molar-refractivity contribution in [1.82, 2.24) is 41.6 Å². The summed E-state index contributed by atoms with van der Waals surface area (Å²) in [6.07, 6.45) is -8.31. The van der Waals surface area contributed by atoms with E-state index < -0.39 is 132 Å². The van der Waals surface area contributed by atoms with E-state index in [4.69, 9.17) is 10.1 Å². The molecule has 2 bridgehead atoms. The van der Waals surface area contributed by atoms with Crippen molar-refractivity contribution in [2.75, 3.05) is 37.7 Å². The van der Waals surface area contributed by atoms with Crippen molar-refractivity contribution < 1.29 is 72.9 Å². The number of benzene rings is 2. The van der Waals surface area contributed by atoms with E-state index in [1.165, 1.54) is 26.0 Å². The monoisotopic (exact) mass is 1150 g/mol. The van der Waals surface area contributed by atoms with Crippen LogP contribution in [0.15, 0.2) is 67.0 Å². The van der Waals surface area contributed by atoms with Gasteiger partial charge in [0.25, 0.3) is 5.91 Å². The topological polar surface area (TPSA) is 204 Å². The highest BCUT2D eigenvalue weighted by molar-refractivity contribution is 6.06. The van der Waals surface area contributed by atoms with E-state index >= 15 is 8.78 Å². The Labute approximate surface area is 462 Å². The van der Waals surface area contributed by atoms with Crippen LogP contribution in [0.3, 0.4) is 0 Å². The molecule has 4 heterocycles. The molecular formula is C55H66F10N10O6. The van der Waals surface area contributed by atoms with Crippen LogP contribution in [0.2, 0.25) is 0 Å². The van der Waals surface area contributed by atoms with Crippen LogP contribution in [-0.2, 0) is 36.9 Å². The number of anilines is 1. The number of carbonyl (C=O) groups is 4. The predicted octanol–water partition coefficient (Wildman–Crippen LogP) is 6.39. The molecule has 442 valence electrons. The van der Waals surface area contributed by atoms with Gasteiger partial charge in [-0.05, 0) is 95.0 Å². The van der Waals surface area contributed by atoms with Gasteiger partial charge in [0.1, 0.15) is 29.5 Å². The Morgan fingerprint density at radius 3 is 1.81 bits per heavy atom. The molecule has 3 aliphatic rings. The lowest BCUT2D eigenvalue weighted by Crippen LogP contribution is -2.63. The molecule has 7 N–H and O–H groups in total. The van der Waals surface area contributed by atoms with E-state index in [9.17, 15) is 59.4 Å². The lowest BCUT2D eigenvalue weighted by molar-refractivity contribution is -0.222. The first-order valence-corrected chi connectivity index (χ1v) is 26.1. The summed E-state index contributed by atoms with van der Waals surface area (Å²) in [6.45, 7) is 3.04. The Morgan fingerprint density at radius 1 is 0.802 bits per heavy atom. The largest absolute Gasteiger partial charge is 0.396 e. The van der Waals surface area contributed by atoms with Crippen LogP contribution in [0.1, 0.15) is 95.0 Å². The molecule has 16 nitrogen and oxygen atoms in total. The van der Waals surface area contributed by atoms with Crippen molar-refractivity contribution in [3.63, 3.8) is 0 Å². The van der Waals surface area contributed by atoms with Gasteiger partial charge in [0.05, 0.1) is 47.9 Å². The van der Waals surface area contributed by atoms with E-state index in [-0.39, 0.29) is 6.42 Å². The molecule has 1 aromatic heterocycles. The highest BCUT2D eigenvalue weighted by Crippen LogP contribution is 2.42. The minimum Gasteiger partial charge on any atom is -0.390 e. The Bertz CT molecular complexity index is 2780. The number of pyridine rings is 1. The second-order valence-corrected chi connectivity index (χ2v) is 21.3. The van der Waals surface area contributed by atoms with Gasteiger partial charge in [-0.3, -0.25) is 29.5 Å². The third kappa shape index (κ3) is 15.8. The maximum Gasteiger partial charge on any atom is 0.396 e. The average molecular weight is 1150 g/mol. The average Bonchev–Trinajstić information content (AvgIpc) is 3.84. The molecule has 6 rings (SSSR count). The number of rotatable bonds is 23. The van der Waals surface area contributed by atoms with E-state index in [1.807, 2.05) is 17.4 Å². The number of fused-ring (bicyclic) bond motifs is 2. The first kappa shape index (κ1) is 63.4. The third-order valence-electron chi connectivity index (χ3n) is 14.8. The number of aliphatic hydroxyl groups excluding tert-OH is 1. The summed E-state index contributed by atoms with van der Waals surface area (Å²) in [5.74, 6) is -1.02. The van der Waals surface area contributed by atoms with Crippen molar-refractivity contribution in [3.05, 3.63) is 106 Å². The molecule has 81 heavy (non-hydrogen) atoms. The van der Waals surface area contributed by atoms with Crippen LogP contribution in [-0.4, -0.2) is 143 Å². The molecule has 26 heteroatoms. The molecule has 6 atom stereocenters. The third-order valence-corrected chi connectivity index (χ3v) is 14.8. The van der Waals surface area contributed by atoms with Gasteiger partial charge in [-0.2, -0.15) is 35.1 Å². The van der Waals surface area contributed by atoms with Crippen LogP contribution in [0.5, 0.6) is 0 Å². The molecule has 2 aromatic carbocycles. The summed E-state index contributed by atoms with van der Waals surface area (Å²) in [5.41, 5.74) is -4.60. The summed E-state index contributed by atoms with van der Waals surface area (Å²) in [6, 6.07) is 5.91. The standard InChI is InChI=1S/C55H66F10N10O6/c1-7-45(77)70-47(52(3,4)54(60,61)62)49(79)69-42(21-32-12-9-31(10-13-32)11-14-33-15-18-44(68-24-33)73-25-35-16-17-36(26-73)75(35)37-29-81-30-37)43(76)28-74(72-50(80)48(71-46(78)8-2)53(5,6)55(63,64)65)27-38-39(56)22-34(23-40(38)57)41(66)19-20-67-51(58)59/h9-10,12-13,15,18-20,22-24,35-37,42-43,47-48,51,66-67,76H,7-8,16-17,21,25-30H2,1-6H3,(H,69,79)(H,70,77)(H,71,78)(H,72,80)/b20-19-,66-41?/t35?,36?,42-,43-,47+,48+/m0/s1. The predicted molar refractivity (Wildman–Crippen MR) is 278 cm³/mol. The zero-order valence-electron chi connectivity index (χ0n) is 45.3. The number of halogens is 10. The molecule has 2 unspecified atom stereocenters. The van der Waals surface area contributed by atoms with Gasteiger partial charge in [-0.15, -0.1) is 0 Å². The number of piperazine rings is 1. The van der Waals surface area contributed by atoms with Crippen LogP contribution in [0.25, 0.3) is 0 Å². The van der Waals surface area contributed by atoms with Gasteiger partial charge < -0.3 is 41.4 Å². The number of ether oxygens (including phenoxy) is 1. The van der Waals surface area contributed by atoms with Crippen LogP contribution < -0.4 is 31.6 Å². The van der Waals surface area contributed by atoms with Crippen molar-refractivity contribution in [3.8, 4) is 11.8 Å². The van der Waals surface area contributed by atoms with Gasteiger partial charge in [-0.1, -0.05) is 37.8 Å². The molecule has 0 saturated carbocycles. The zero-order chi connectivity index (χ0) is 59.8. The molecule has 0 aliphatic carbocycles. The molecule has 0 spiro atoms. The number of alkyl halides is 8. The summed E-state index contributed by atoms with van der Waals surface area (Å²) in [7, 11) is 0. The van der Waals surface area contributed by atoms with Gasteiger partial charge >= 0.3 is 18.9 Å². The first-order chi connectivity index (χ1) is 37.9. The van der Waals surface area contributed by atoms with Crippen LogP contribution in [0, 0.1) is 39.7 Å². The lowest BCUT2D eigenvalue weighted by Gasteiger charge is -2.47. The van der Waals surface area contributed by atoms with Crippen molar-refractivity contribution >= 4 is 35.2 Å². The number of aliphatic hydroxyl groups is 1. The summed E-state index contributed by atoms with van der Waals surface area (Å²) in [4.78, 5) is 62.9. The molecule has 4 amide bonds. The number of allylic oxidation sites excluding steroid dienone is 1. The highest BCUT2D eigenvalue weighted by atomic mass is 19.4. The smallest absolute Gasteiger partial charge is 0.390 e. The number of carbonyl (C=O) groups excluding carboxylic acids is 4. The molecule has 3 aliphatic heterocycles. The number of hydrogen-bond donors (Lipinski definition) is 7. The van der Waals surface area contributed by atoms with E-state index in [2.05, 4.69) is 42.7 Å². The number of hydrogen-bond acceptors (Lipinski definition) is 12. The molecular weight excluding hydrogens is 1090 g/mol. The lowest BCUT2D eigenvalue weighted by atomic mass is 9.82. The fraction of sp³-hybridized carbons (Fsp3) is 0.527. The van der Waals surface area contributed by atoms with E-state index in [0.717, 1.165) is 51.0 Å². The molecule has 3 aromatic rings. The fourth-order valence-corrected chi connectivity index (χ4v) is 9.56.